The van der Waals surface area contributed by atoms with Crippen LogP contribution in [0.1, 0.15) is 5.56 Å². The number of carboxylic acids is 1. The molecule has 6 nitrogen and oxygen atoms in total. The standard InChI is InChI=1S/C15H21NO5/c17-9-6-16(7-10-18)8-11-21-14-3-1-2-13(12-14)4-5-15(19)20/h1-5,12,17-18H,6-11H2,(H,19,20). The lowest BCUT2D eigenvalue weighted by molar-refractivity contribution is -0.131. The van der Waals surface area contributed by atoms with Gasteiger partial charge in [-0.25, -0.2) is 4.79 Å². The molecule has 0 atom stereocenters. The van der Waals surface area contributed by atoms with E-state index < -0.39 is 5.97 Å². The zero-order valence-electron chi connectivity index (χ0n) is 11.8. The summed E-state index contributed by atoms with van der Waals surface area (Å²) in [5, 5.41) is 26.4. The Kier molecular flexibility index (Phi) is 8.11. The van der Waals surface area contributed by atoms with Crippen molar-refractivity contribution >= 4 is 12.0 Å². The molecule has 0 spiro atoms. The maximum absolute atomic E-state index is 10.5. The number of carbonyl (C=O) groups is 1. The number of aliphatic hydroxyl groups excluding tert-OH is 2. The highest BCUT2D eigenvalue weighted by Gasteiger charge is 2.03. The van der Waals surface area contributed by atoms with E-state index in [0.717, 1.165) is 11.6 Å². The van der Waals surface area contributed by atoms with Gasteiger partial charge in [0.1, 0.15) is 12.4 Å². The Bertz CT molecular complexity index is 455. The van der Waals surface area contributed by atoms with E-state index in [4.69, 9.17) is 20.1 Å². The largest absolute Gasteiger partial charge is 0.492 e. The first kappa shape index (κ1) is 17.2. The van der Waals surface area contributed by atoms with Crippen LogP contribution in [0.15, 0.2) is 30.3 Å². The SMILES string of the molecule is O=C(O)C=Cc1cccc(OCCN(CCO)CCO)c1. The van der Waals surface area contributed by atoms with Crippen molar-refractivity contribution < 1.29 is 24.9 Å². The van der Waals surface area contributed by atoms with Gasteiger partial charge in [0.05, 0.1) is 13.2 Å². The van der Waals surface area contributed by atoms with Crippen molar-refractivity contribution in [1.82, 2.24) is 4.90 Å². The molecule has 0 aliphatic heterocycles. The molecular weight excluding hydrogens is 274 g/mol. The average Bonchev–Trinajstić information content (AvgIpc) is 2.46. The summed E-state index contributed by atoms with van der Waals surface area (Å²) >= 11 is 0. The molecule has 0 unspecified atom stereocenters. The van der Waals surface area contributed by atoms with Gasteiger partial charge in [0.25, 0.3) is 0 Å². The van der Waals surface area contributed by atoms with Crippen LogP contribution in [-0.4, -0.2) is 65.6 Å². The normalized spacial score (nSPS) is 11.2. The lowest BCUT2D eigenvalue weighted by atomic mass is 10.2. The maximum Gasteiger partial charge on any atom is 0.328 e. The smallest absolute Gasteiger partial charge is 0.328 e. The van der Waals surface area contributed by atoms with Gasteiger partial charge in [0.15, 0.2) is 0 Å². The molecule has 1 rings (SSSR count). The number of aliphatic carboxylic acids is 1. The number of hydrogen-bond donors (Lipinski definition) is 3. The Morgan fingerprint density at radius 1 is 1.19 bits per heavy atom. The Labute approximate surface area is 123 Å². The van der Waals surface area contributed by atoms with E-state index in [9.17, 15) is 4.79 Å². The van der Waals surface area contributed by atoms with E-state index in [2.05, 4.69) is 0 Å². The van der Waals surface area contributed by atoms with E-state index in [1.807, 2.05) is 4.90 Å². The van der Waals surface area contributed by atoms with Crippen LogP contribution in [-0.2, 0) is 4.79 Å². The number of nitrogens with zero attached hydrogens (tertiary/aromatic N) is 1. The third-order valence-corrected chi connectivity index (χ3v) is 2.79. The van der Waals surface area contributed by atoms with E-state index in [-0.39, 0.29) is 13.2 Å². The van der Waals surface area contributed by atoms with E-state index in [1.54, 1.807) is 24.3 Å². The molecule has 0 aliphatic carbocycles. The van der Waals surface area contributed by atoms with Crippen molar-refractivity contribution in [1.29, 1.82) is 0 Å². The van der Waals surface area contributed by atoms with Gasteiger partial charge < -0.3 is 20.1 Å². The Morgan fingerprint density at radius 3 is 2.52 bits per heavy atom. The molecular formula is C15H21NO5. The third-order valence-electron chi connectivity index (χ3n) is 2.79. The molecule has 0 heterocycles. The summed E-state index contributed by atoms with van der Waals surface area (Å²) in [6.07, 6.45) is 2.57. The second-order valence-electron chi connectivity index (χ2n) is 4.38. The summed E-state index contributed by atoms with van der Waals surface area (Å²) in [6.45, 7) is 2.07. The highest BCUT2D eigenvalue weighted by molar-refractivity contribution is 5.85. The van der Waals surface area contributed by atoms with E-state index in [1.165, 1.54) is 6.08 Å². The minimum atomic E-state index is -0.995. The summed E-state index contributed by atoms with van der Waals surface area (Å²) in [5.41, 5.74) is 0.748. The second kappa shape index (κ2) is 9.93. The quantitative estimate of drug-likeness (QED) is 0.543. The average molecular weight is 295 g/mol. The number of rotatable bonds is 10. The van der Waals surface area contributed by atoms with Gasteiger partial charge in [-0.3, -0.25) is 4.90 Å². The van der Waals surface area contributed by atoms with Crippen LogP contribution in [0, 0.1) is 0 Å². The van der Waals surface area contributed by atoms with Gasteiger partial charge in [-0.1, -0.05) is 12.1 Å². The monoisotopic (exact) mass is 295 g/mol. The molecule has 1 aromatic rings. The van der Waals surface area contributed by atoms with E-state index in [0.29, 0.717) is 32.0 Å². The fourth-order valence-electron chi connectivity index (χ4n) is 1.79. The summed E-state index contributed by atoms with van der Waals surface area (Å²) in [4.78, 5) is 12.4. The molecule has 0 saturated carbocycles. The molecule has 0 radical (unpaired) electrons. The molecule has 21 heavy (non-hydrogen) atoms. The van der Waals surface area contributed by atoms with Gasteiger partial charge in [0.2, 0.25) is 0 Å². The van der Waals surface area contributed by atoms with Gasteiger partial charge in [-0.05, 0) is 23.8 Å². The minimum Gasteiger partial charge on any atom is -0.492 e. The number of carboxylic acid groups (broad SMARTS) is 1. The molecule has 0 bridgehead atoms. The highest BCUT2D eigenvalue weighted by Crippen LogP contribution is 2.14. The molecule has 3 N–H and O–H groups in total. The first-order chi connectivity index (χ1) is 10.2. The topological polar surface area (TPSA) is 90.2 Å². The number of aliphatic hydroxyl groups is 2. The minimum absolute atomic E-state index is 0.0372. The van der Waals surface area contributed by atoms with Crippen molar-refractivity contribution in [2.24, 2.45) is 0 Å². The molecule has 0 amide bonds. The van der Waals surface area contributed by atoms with Crippen LogP contribution in [0.3, 0.4) is 0 Å². The second-order valence-corrected chi connectivity index (χ2v) is 4.38. The maximum atomic E-state index is 10.5. The van der Waals surface area contributed by atoms with Crippen LogP contribution < -0.4 is 4.74 Å². The van der Waals surface area contributed by atoms with Crippen LogP contribution in [0.4, 0.5) is 0 Å². The lowest BCUT2D eigenvalue weighted by Gasteiger charge is -2.20. The van der Waals surface area contributed by atoms with Crippen molar-refractivity contribution in [3.63, 3.8) is 0 Å². The van der Waals surface area contributed by atoms with Gasteiger partial charge in [0, 0.05) is 25.7 Å². The van der Waals surface area contributed by atoms with Crippen molar-refractivity contribution in [3.8, 4) is 5.75 Å². The van der Waals surface area contributed by atoms with Crippen LogP contribution in [0.5, 0.6) is 5.75 Å². The summed E-state index contributed by atoms with van der Waals surface area (Å²) in [6, 6.07) is 7.12. The zero-order chi connectivity index (χ0) is 15.5. The van der Waals surface area contributed by atoms with Crippen LogP contribution >= 0.6 is 0 Å². The summed E-state index contributed by atoms with van der Waals surface area (Å²) < 4.78 is 5.59. The van der Waals surface area contributed by atoms with Crippen molar-refractivity contribution in [3.05, 3.63) is 35.9 Å². The van der Waals surface area contributed by atoms with Gasteiger partial charge >= 0.3 is 5.97 Å². The Hall–Kier alpha value is -1.89. The van der Waals surface area contributed by atoms with E-state index >= 15 is 0 Å². The van der Waals surface area contributed by atoms with Gasteiger partial charge in [-0.15, -0.1) is 0 Å². The van der Waals surface area contributed by atoms with Gasteiger partial charge in [-0.2, -0.15) is 0 Å². The first-order valence-corrected chi connectivity index (χ1v) is 6.73. The molecule has 0 aliphatic rings. The number of ether oxygens (including phenoxy) is 1. The van der Waals surface area contributed by atoms with Crippen molar-refractivity contribution in [2.75, 3.05) is 39.5 Å². The van der Waals surface area contributed by atoms with Crippen LogP contribution in [0.25, 0.3) is 6.08 Å². The highest BCUT2D eigenvalue weighted by atomic mass is 16.5. The first-order valence-electron chi connectivity index (χ1n) is 6.73. The molecule has 0 saturated heterocycles. The summed E-state index contributed by atoms with van der Waals surface area (Å²) in [7, 11) is 0. The van der Waals surface area contributed by atoms with Crippen molar-refractivity contribution in [2.45, 2.75) is 0 Å². The number of benzene rings is 1. The third kappa shape index (κ3) is 7.45. The molecule has 6 heteroatoms. The predicted molar refractivity (Wildman–Crippen MR) is 79.2 cm³/mol. The molecule has 0 aromatic heterocycles. The number of hydrogen-bond acceptors (Lipinski definition) is 5. The Morgan fingerprint density at radius 2 is 1.90 bits per heavy atom. The zero-order valence-corrected chi connectivity index (χ0v) is 11.8. The molecule has 1 aromatic carbocycles. The fraction of sp³-hybridized carbons (Fsp3) is 0.400. The Balaban J connectivity index is 2.47. The fourth-order valence-corrected chi connectivity index (χ4v) is 1.79. The lowest BCUT2D eigenvalue weighted by Crippen LogP contribution is -2.33. The van der Waals surface area contributed by atoms with Crippen LogP contribution in [0.2, 0.25) is 0 Å². The summed E-state index contributed by atoms with van der Waals surface area (Å²) in [5.74, 6) is -0.347. The molecule has 0 fully saturated rings. The molecule has 116 valence electrons. The predicted octanol–water partition coefficient (Wildman–Crippen LogP) is 0.450.